The van der Waals surface area contributed by atoms with Crippen LogP contribution in [0.25, 0.3) is 0 Å². The van der Waals surface area contributed by atoms with Gasteiger partial charge in [-0.1, -0.05) is 0 Å². The van der Waals surface area contributed by atoms with E-state index in [1.54, 1.807) is 40.1 Å². The molecule has 2 rings (SSSR count). The second-order valence-corrected chi connectivity index (χ2v) is 6.84. The molecule has 146 valence electrons. The lowest BCUT2D eigenvalue weighted by molar-refractivity contribution is -0.137. The van der Waals surface area contributed by atoms with Crippen molar-refractivity contribution in [1.29, 1.82) is 0 Å². The number of alkyl halides is 3. The fourth-order valence-corrected chi connectivity index (χ4v) is 2.23. The molecule has 27 heavy (non-hydrogen) atoms. The fourth-order valence-electron chi connectivity index (χ4n) is 2.23. The van der Waals surface area contributed by atoms with E-state index in [-0.39, 0.29) is 17.1 Å². The maximum Gasteiger partial charge on any atom is 0.416 e. The summed E-state index contributed by atoms with van der Waals surface area (Å²) < 4.78 is 45.7. The third kappa shape index (κ3) is 5.50. The first kappa shape index (κ1) is 20.3. The second-order valence-electron chi connectivity index (χ2n) is 6.84. The maximum atomic E-state index is 13.0. The lowest BCUT2D eigenvalue weighted by Crippen LogP contribution is -2.27. The number of carbonyl (C=O) groups excluding carboxylic acids is 2. The van der Waals surface area contributed by atoms with E-state index < -0.39 is 29.3 Å². The summed E-state index contributed by atoms with van der Waals surface area (Å²) in [6, 6.07) is 5.77. The van der Waals surface area contributed by atoms with Crippen LogP contribution in [0, 0.1) is 0 Å². The number of amides is 2. The molecule has 2 N–H and O–H groups in total. The van der Waals surface area contributed by atoms with E-state index in [1.165, 1.54) is 10.6 Å². The third-order valence-electron chi connectivity index (χ3n) is 3.41. The van der Waals surface area contributed by atoms with Crippen LogP contribution in [0.3, 0.4) is 0 Å². The van der Waals surface area contributed by atoms with Gasteiger partial charge in [-0.05, 0) is 51.1 Å². The summed E-state index contributed by atoms with van der Waals surface area (Å²) in [7, 11) is 1.63. The molecule has 2 amide bonds. The predicted octanol–water partition coefficient (Wildman–Crippen LogP) is 4.64. The Morgan fingerprint density at radius 1 is 1.04 bits per heavy atom. The first-order valence-corrected chi connectivity index (χ1v) is 8.01. The summed E-state index contributed by atoms with van der Waals surface area (Å²) in [6.45, 7) is 4.95. The molecule has 1 aromatic heterocycles. The van der Waals surface area contributed by atoms with Gasteiger partial charge in [0.25, 0.3) is 5.91 Å². The Labute approximate surface area is 154 Å². The summed E-state index contributed by atoms with van der Waals surface area (Å²) in [4.78, 5) is 24.3. The molecule has 0 atom stereocenters. The van der Waals surface area contributed by atoms with Gasteiger partial charge in [0.15, 0.2) is 0 Å². The number of ether oxygens (including phenoxy) is 1. The molecule has 0 saturated carbocycles. The van der Waals surface area contributed by atoms with Crippen molar-refractivity contribution in [1.82, 2.24) is 4.57 Å². The summed E-state index contributed by atoms with van der Waals surface area (Å²) in [5.41, 5.74) is -1.71. The molecule has 6 nitrogen and oxygen atoms in total. The smallest absolute Gasteiger partial charge is 0.416 e. The second kappa shape index (κ2) is 7.34. The SMILES string of the molecule is Cn1cccc1C(=O)Nc1cc(C(F)(F)F)ccc1NC(=O)OC(C)(C)C. The lowest BCUT2D eigenvalue weighted by Gasteiger charge is -2.21. The average molecular weight is 383 g/mol. The molecular weight excluding hydrogens is 363 g/mol. The van der Waals surface area contributed by atoms with Crippen LogP contribution in [-0.2, 0) is 18.0 Å². The van der Waals surface area contributed by atoms with E-state index in [4.69, 9.17) is 4.74 Å². The molecule has 9 heteroatoms. The van der Waals surface area contributed by atoms with E-state index in [9.17, 15) is 22.8 Å². The standard InChI is InChI=1S/C18H20F3N3O3/c1-17(2,3)27-16(26)23-12-8-7-11(18(19,20)21)10-13(12)22-15(25)14-6-5-9-24(14)4/h5-10H,1-4H3,(H,22,25)(H,23,26). The minimum atomic E-state index is -4.60. The molecular formula is C18H20F3N3O3. The van der Waals surface area contributed by atoms with Crippen molar-refractivity contribution in [2.75, 3.05) is 10.6 Å². The van der Waals surface area contributed by atoms with E-state index >= 15 is 0 Å². The number of halogens is 3. The zero-order chi connectivity index (χ0) is 20.4. The molecule has 1 heterocycles. The molecule has 0 fully saturated rings. The Morgan fingerprint density at radius 3 is 2.22 bits per heavy atom. The van der Waals surface area contributed by atoms with Crippen molar-refractivity contribution in [2.24, 2.45) is 7.05 Å². The van der Waals surface area contributed by atoms with Gasteiger partial charge in [-0.15, -0.1) is 0 Å². The van der Waals surface area contributed by atoms with E-state index in [0.717, 1.165) is 18.2 Å². The highest BCUT2D eigenvalue weighted by Crippen LogP contribution is 2.34. The number of benzene rings is 1. The molecule has 0 aliphatic heterocycles. The Kier molecular flexibility index (Phi) is 5.53. The van der Waals surface area contributed by atoms with Crippen molar-refractivity contribution in [3.05, 3.63) is 47.8 Å². The highest BCUT2D eigenvalue weighted by molar-refractivity contribution is 6.06. The Morgan fingerprint density at radius 2 is 1.70 bits per heavy atom. The topological polar surface area (TPSA) is 72.4 Å². The van der Waals surface area contributed by atoms with Gasteiger partial charge in [0, 0.05) is 13.2 Å². The first-order chi connectivity index (χ1) is 12.4. The van der Waals surface area contributed by atoms with Gasteiger partial charge >= 0.3 is 12.3 Å². The highest BCUT2D eigenvalue weighted by atomic mass is 19.4. The third-order valence-corrected chi connectivity index (χ3v) is 3.41. The minimum Gasteiger partial charge on any atom is -0.444 e. The van der Waals surface area contributed by atoms with Gasteiger partial charge < -0.3 is 14.6 Å². The zero-order valence-electron chi connectivity index (χ0n) is 15.3. The maximum absolute atomic E-state index is 13.0. The Balaban J connectivity index is 2.34. The Bertz CT molecular complexity index is 852. The molecule has 0 unspecified atom stereocenters. The number of rotatable bonds is 3. The zero-order valence-corrected chi connectivity index (χ0v) is 15.3. The molecule has 0 bridgehead atoms. The van der Waals surface area contributed by atoms with E-state index in [1.807, 2.05) is 0 Å². The Hall–Kier alpha value is -2.97. The van der Waals surface area contributed by atoms with Crippen molar-refractivity contribution in [2.45, 2.75) is 32.5 Å². The van der Waals surface area contributed by atoms with Crippen molar-refractivity contribution in [3.8, 4) is 0 Å². The molecule has 0 aliphatic carbocycles. The number of aryl methyl sites for hydroxylation is 1. The molecule has 0 aliphatic rings. The molecule has 0 spiro atoms. The van der Waals surface area contributed by atoms with Crippen LogP contribution in [0.5, 0.6) is 0 Å². The number of hydrogen-bond donors (Lipinski definition) is 2. The van der Waals surface area contributed by atoms with Gasteiger partial charge in [-0.25, -0.2) is 4.79 Å². The fraction of sp³-hybridized carbons (Fsp3) is 0.333. The van der Waals surface area contributed by atoms with Crippen LogP contribution in [0.15, 0.2) is 36.5 Å². The van der Waals surface area contributed by atoms with E-state index in [0.29, 0.717) is 0 Å². The molecule has 1 aromatic carbocycles. The van der Waals surface area contributed by atoms with Gasteiger partial charge in [-0.3, -0.25) is 10.1 Å². The molecule has 0 saturated heterocycles. The van der Waals surface area contributed by atoms with Crippen LogP contribution in [0.2, 0.25) is 0 Å². The normalized spacial score (nSPS) is 11.8. The predicted molar refractivity (Wildman–Crippen MR) is 94.7 cm³/mol. The van der Waals surface area contributed by atoms with Crippen LogP contribution in [0.4, 0.5) is 29.3 Å². The summed E-state index contributed by atoms with van der Waals surface area (Å²) in [6.07, 6.45) is -3.83. The number of hydrogen-bond acceptors (Lipinski definition) is 3. The number of carbonyl (C=O) groups is 2. The largest absolute Gasteiger partial charge is 0.444 e. The highest BCUT2D eigenvalue weighted by Gasteiger charge is 2.31. The quantitative estimate of drug-likeness (QED) is 0.811. The van der Waals surface area contributed by atoms with Gasteiger partial charge in [0.1, 0.15) is 11.3 Å². The minimum absolute atomic E-state index is 0.0141. The van der Waals surface area contributed by atoms with Crippen molar-refractivity contribution in [3.63, 3.8) is 0 Å². The lowest BCUT2D eigenvalue weighted by atomic mass is 10.1. The number of anilines is 2. The van der Waals surface area contributed by atoms with Crippen molar-refractivity contribution < 1.29 is 27.5 Å². The van der Waals surface area contributed by atoms with Crippen LogP contribution in [0.1, 0.15) is 36.8 Å². The summed E-state index contributed by atoms with van der Waals surface area (Å²) >= 11 is 0. The number of nitrogens with zero attached hydrogens (tertiary/aromatic N) is 1. The monoisotopic (exact) mass is 383 g/mol. The van der Waals surface area contributed by atoms with Gasteiger partial charge in [0.2, 0.25) is 0 Å². The summed E-state index contributed by atoms with van der Waals surface area (Å²) in [5.74, 6) is -0.617. The average Bonchev–Trinajstić information content (AvgIpc) is 2.92. The number of aromatic nitrogens is 1. The first-order valence-electron chi connectivity index (χ1n) is 8.01. The summed E-state index contributed by atoms with van der Waals surface area (Å²) in [5, 5.41) is 4.77. The van der Waals surface area contributed by atoms with Crippen molar-refractivity contribution >= 4 is 23.4 Å². The van der Waals surface area contributed by atoms with Crippen LogP contribution < -0.4 is 10.6 Å². The van der Waals surface area contributed by atoms with Crippen LogP contribution in [-0.4, -0.2) is 22.2 Å². The number of nitrogens with one attached hydrogen (secondary N) is 2. The van der Waals surface area contributed by atoms with Crippen LogP contribution >= 0.6 is 0 Å². The van der Waals surface area contributed by atoms with Gasteiger partial charge in [-0.2, -0.15) is 13.2 Å². The molecule has 0 radical (unpaired) electrons. The van der Waals surface area contributed by atoms with E-state index in [2.05, 4.69) is 10.6 Å². The van der Waals surface area contributed by atoms with Gasteiger partial charge in [0.05, 0.1) is 16.9 Å². The molecule has 2 aromatic rings.